The summed E-state index contributed by atoms with van der Waals surface area (Å²) in [6, 6.07) is 0. The summed E-state index contributed by atoms with van der Waals surface area (Å²) < 4.78 is 0. The van der Waals surface area contributed by atoms with Crippen LogP contribution in [0.3, 0.4) is 0 Å². The maximum atomic E-state index is 12.0. The number of hydrogen-bond donors (Lipinski definition) is 2. The van der Waals surface area contributed by atoms with E-state index in [1.807, 2.05) is 0 Å². The van der Waals surface area contributed by atoms with Gasteiger partial charge in [0.15, 0.2) is 0 Å². The van der Waals surface area contributed by atoms with Crippen LogP contribution >= 0.6 is 22.7 Å². The highest BCUT2D eigenvalue weighted by molar-refractivity contribution is 7.10. The van der Waals surface area contributed by atoms with Crippen LogP contribution in [0.5, 0.6) is 0 Å². The van der Waals surface area contributed by atoms with Gasteiger partial charge < -0.3 is 11.1 Å². The van der Waals surface area contributed by atoms with Crippen LogP contribution in [0, 0.1) is 0 Å². The van der Waals surface area contributed by atoms with Crippen molar-refractivity contribution in [3.05, 3.63) is 32.2 Å². The maximum absolute atomic E-state index is 12.0. The van der Waals surface area contributed by atoms with E-state index in [0.29, 0.717) is 24.7 Å². The van der Waals surface area contributed by atoms with E-state index in [-0.39, 0.29) is 5.91 Å². The van der Waals surface area contributed by atoms with Gasteiger partial charge in [0.05, 0.1) is 17.2 Å². The highest BCUT2D eigenvalue weighted by atomic mass is 32.1. The van der Waals surface area contributed by atoms with Gasteiger partial charge in [-0.15, -0.1) is 22.7 Å². The molecule has 1 aliphatic carbocycles. The molecule has 3 N–H and O–H groups in total. The fourth-order valence-corrected chi connectivity index (χ4v) is 3.48. The minimum atomic E-state index is -0.146. The largest absolute Gasteiger partial charge is 0.344 e. The fraction of sp³-hybridized carbons (Fsp3) is 0.462. The molecule has 0 spiro atoms. The Labute approximate surface area is 125 Å². The maximum Gasteiger partial charge on any atom is 0.271 e. The highest BCUT2D eigenvalue weighted by Crippen LogP contribution is 2.40. The Kier molecular flexibility index (Phi) is 4.09. The van der Waals surface area contributed by atoms with Crippen LogP contribution in [-0.4, -0.2) is 22.4 Å². The number of nitrogens with two attached hydrogens (primary N) is 1. The SMILES string of the molecule is NCCc1nc(C(=O)NCc2nc(C3CC3)cs2)cs1. The summed E-state index contributed by atoms with van der Waals surface area (Å²) >= 11 is 3.08. The van der Waals surface area contributed by atoms with Crippen LogP contribution in [0.25, 0.3) is 0 Å². The van der Waals surface area contributed by atoms with Gasteiger partial charge in [0.1, 0.15) is 10.7 Å². The molecule has 106 valence electrons. The van der Waals surface area contributed by atoms with Gasteiger partial charge in [-0.05, 0) is 19.4 Å². The van der Waals surface area contributed by atoms with Gasteiger partial charge >= 0.3 is 0 Å². The lowest BCUT2D eigenvalue weighted by atomic mass is 10.3. The van der Waals surface area contributed by atoms with Gasteiger partial charge in [-0.2, -0.15) is 0 Å². The first kappa shape index (κ1) is 13.7. The summed E-state index contributed by atoms with van der Waals surface area (Å²) in [6.45, 7) is 1.03. The van der Waals surface area contributed by atoms with Crippen LogP contribution in [0.15, 0.2) is 10.8 Å². The van der Waals surface area contributed by atoms with Crippen molar-refractivity contribution in [2.24, 2.45) is 5.73 Å². The molecule has 1 aliphatic rings. The van der Waals surface area contributed by atoms with Crippen LogP contribution < -0.4 is 11.1 Å². The van der Waals surface area contributed by atoms with E-state index in [2.05, 4.69) is 20.7 Å². The first-order valence-corrected chi connectivity index (χ1v) is 8.39. The van der Waals surface area contributed by atoms with E-state index < -0.39 is 0 Å². The van der Waals surface area contributed by atoms with E-state index in [1.54, 1.807) is 16.7 Å². The first-order valence-electron chi connectivity index (χ1n) is 6.63. The second-order valence-corrected chi connectivity index (χ2v) is 6.67. The zero-order valence-electron chi connectivity index (χ0n) is 11.0. The molecule has 1 amide bonds. The number of nitrogens with one attached hydrogen (secondary N) is 1. The molecular formula is C13H16N4OS2. The predicted octanol–water partition coefficient (Wildman–Crippen LogP) is 1.91. The molecule has 2 heterocycles. The number of carbonyl (C=O) groups is 1. The zero-order valence-corrected chi connectivity index (χ0v) is 12.6. The standard InChI is InChI=1S/C13H16N4OS2/c14-4-3-11-17-10(7-19-11)13(18)15-5-12-16-9(6-20-12)8-1-2-8/h6-8H,1-5,14H2,(H,15,18). The number of hydrogen-bond acceptors (Lipinski definition) is 6. The van der Waals surface area contributed by atoms with E-state index in [4.69, 9.17) is 5.73 Å². The molecule has 2 aromatic rings. The molecule has 20 heavy (non-hydrogen) atoms. The van der Waals surface area contributed by atoms with Gasteiger partial charge in [0.25, 0.3) is 5.91 Å². The summed E-state index contributed by atoms with van der Waals surface area (Å²) in [5.74, 6) is 0.515. The van der Waals surface area contributed by atoms with Gasteiger partial charge in [-0.25, -0.2) is 9.97 Å². The van der Waals surface area contributed by atoms with Crippen LogP contribution in [0.2, 0.25) is 0 Å². The first-order chi connectivity index (χ1) is 9.76. The fourth-order valence-electron chi connectivity index (χ4n) is 1.87. The monoisotopic (exact) mass is 308 g/mol. The second-order valence-electron chi connectivity index (χ2n) is 4.79. The average Bonchev–Trinajstić information content (AvgIpc) is 3.01. The van der Waals surface area contributed by atoms with E-state index >= 15 is 0 Å². The quantitative estimate of drug-likeness (QED) is 0.854. The molecule has 0 aliphatic heterocycles. The van der Waals surface area contributed by atoms with Crippen molar-refractivity contribution in [1.29, 1.82) is 0 Å². The molecule has 0 bridgehead atoms. The van der Waals surface area contributed by atoms with E-state index in [1.165, 1.54) is 29.9 Å². The number of rotatable bonds is 6. The average molecular weight is 308 g/mol. The Morgan fingerprint density at radius 1 is 1.30 bits per heavy atom. The molecule has 1 saturated carbocycles. The highest BCUT2D eigenvalue weighted by Gasteiger charge is 2.26. The van der Waals surface area contributed by atoms with E-state index in [9.17, 15) is 4.79 Å². The number of amides is 1. The molecule has 1 fully saturated rings. The van der Waals surface area contributed by atoms with Crippen LogP contribution in [-0.2, 0) is 13.0 Å². The van der Waals surface area contributed by atoms with Crippen molar-refractivity contribution in [2.45, 2.75) is 31.7 Å². The molecule has 0 atom stereocenters. The summed E-state index contributed by atoms with van der Waals surface area (Å²) in [6.07, 6.45) is 3.21. The summed E-state index contributed by atoms with van der Waals surface area (Å²) in [7, 11) is 0. The lowest BCUT2D eigenvalue weighted by Gasteiger charge is -1.99. The van der Waals surface area contributed by atoms with Crippen molar-refractivity contribution in [2.75, 3.05) is 6.54 Å². The van der Waals surface area contributed by atoms with Gasteiger partial charge in [-0.3, -0.25) is 4.79 Å². The van der Waals surface area contributed by atoms with Gasteiger partial charge in [0.2, 0.25) is 0 Å². The van der Waals surface area contributed by atoms with Crippen LogP contribution in [0.1, 0.15) is 45.0 Å². The summed E-state index contributed by atoms with van der Waals surface area (Å²) in [4.78, 5) is 20.8. The minimum Gasteiger partial charge on any atom is -0.344 e. The lowest BCUT2D eigenvalue weighted by molar-refractivity contribution is 0.0946. The van der Waals surface area contributed by atoms with E-state index in [0.717, 1.165) is 16.4 Å². The second kappa shape index (κ2) is 5.99. The molecule has 3 rings (SSSR count). The Hall–Kier alpha value is -1.31. The summed E-state index contributed by atoms with van der Waals surface area (Å²) in [5, 5.41) is 8.60. The normalized spacial score (nSPS) is 14.4. The smallest absolute Gasteiger partial charge is 0.271 e. The Morgan fingerprint density at radius 3 is 2.85 bits per heavy atom. The molecule has 0 saturated heterocycles. The molecule has 2 aromatic heterocycles. The number of thiazole rings is 2. The number of nitrogens with zero attached hydrogens (tertiary/aromatic N) is 2. The van der Waals surface area contributed by atoms with Crippen molar-refractivity contribution >= 4 is 28.6 Å². The Morgan fingerprint density at radius 2 is 2.10 bits per heavy atom. The van der Waals surface area contributed by atoms with Gasteiger partial charge in [-0.1, -0.05) is 0 Å². The molecule has 5 nitrogen and oxygen atoms in total. The van der Waals surface area contributed by atoms with Crippen molar-refractivity contribution in [3.63, 3.8) is 0 Å². The molecule has 0 aromatic carbocycles. The Balaban J connectivity index is 1.54. The molecule has 7 heteroatoms. The van der Waals surface area contributed by atoms with Gasteiger partial charge in [0, 0.05) is 23.1 Å². The van der Waals surface area contributed by atoms with Crippen molar-refractivity contribution in [3.8, 4) is 0 Å². The van der Waals surface area contributed by atoms with Crippen molar-refractivity contribution in [1.82, 2.24) is 15.3 Å². The third-order valence-electron chi connectivity index (χ3n) is 3.11. The Bertz CT molecular complexity index is 603. The number of carbonyl (C=O) groups excluding carboxylic acids is 1. The third-order valence-corrected chi connectivity index (χ3v) is 4.88. The topological polar surface area (TPSA) is 80.9 Å². The number of aromatic nitrogens is 2. The molecule has 0 radical (unpaired) electrons. The van der Waals surface area contributed by atoms with Crippen LogP contribution in [0.4, 0.5) is 0 Å². The lowest BCUT2D eigenvalue weighted by Crippen LogP contribution is -2.23. The predicted molar refractivity (Wildman–Crippen MR) is 80.1 cm³/mol. The summed E-state index contributed by atoms with van der Waals surface area (Å²) in [5.41, 5.74) is 7.12. The van der Waals surface area contributed by atoms with Crippen molar-refractivity contribution < 1.29 is 4.79 Å². The minimum absolute atomic E-state index is 0.146. The molecular weight excluding hydrogens is 292 g/mol. The zero-order chi connectivity index (χ0) is 13.9. The third kappa shape index (κ3) is 3.23. The molecule has 0 unspecified atom stereocenters.